The molecule has 9 heteroatoms. The highest BCUT2D eigenvalue weighted by molar-refractivity contribution is 5.96. The number of halogens is 1. The van der Waals surface area contributed by atoms with Crippen LogP contribution in [-0.2, 0) is 0 Å². The van der Waals surface area contributed by atoms with E-state index in [9.17, 15) is 18.8 Å². The Morgan fingerprint density at radius 3 is 2.30 bits per heavy atom. The normalized spacial score (nSPS) is 14.9. The van der Waals surface area contributed by atoms with E-state index < -0.39 is 29.8 Å². The van der Waals surface area contributed by atoms with Gasteiger partial charge in [-0.1, -0.05) is 18.2 Å². The highest BCUT2D eigenvalue weighted by Crippen LogP contribution is 2.26. The van der Waals surface area contributed by atoms with Crippen molar-refractivity contribution in [2.24, 2.45) is 5.73 Å². The van der Waals surface area contributed by atoms with Gasteiger partial charge in [-0.25, -0.2) is 9.18 Å². The topological polar surface area (TPSA) is 113 Å². The highest BCUT2D eigenvalue weighted by Gasteiger charge is 2.26. The van der Waals surface area contributed by atoms with Gasteiger partial charge in [-0.2, -0.15) is 0 Å². The van der Waals surface area contributed by atoms with Gasteiger partial charge in [-0.3, -0.25) is 9.59 Å². The summed E-state index contributed by atoms with van der Waals surface area (Å²) in [5.41, 5.74) is 6.02. The fourth-order valence-corrected chi connectivity index (χ4v) is 3.26. The first-order valence-electron chi connectivity index (χ1n) is 9.40. The van der Waals surface area contributed by atoms with Crippen molar-refractivity contribution < 1.29 is 28.6 Å². The van der Waals surface area contributed by atoms with Gasteiger partial charge in [0.2, 0.25) is 0 Å². The number of hydrogen-bond donors (Lipinski definition) is 2. The number of amides is 3. The summed E-state index contributed by atoms with van der Waals surface area (Å²) in [6.07, 6.45) is -1.63. The standard InChI is InChI=1S/C21H22FN3O5/c1-13(30-18-5-3-2-4-15(18)19(23)26)14-6-7-17(22)16(12-14)20(27)24-8-10-25(11-9-24)21(28)29/h2-7,12-13H,8-11H2,1H3,(H2,23,26)(H,28,29). The number of nitrogens with zero attached hydrogens (tertiary/aromatic N) is 2. The molecule has 0 bridgehead atoms. The number of carbonyl (C=O) groups excluding carboxylic acids is 2. The Bertz CT molecular complexity index is 973. The Kier molecular flexibility index (Phi) is 6.20. The quantitative estimate of drug-likeness (QED) is 0.779. The van der Waals surface area contributed by atoms with Gasteiger partial charge in [-0.15, -0.1) is 0 Å². The van der Waals surface area contributed by atoms with Crippen LogP contribution in [-0.4, -0.2) is 59.0 Å². The van der Waals surface area contributed by atoms with Crippen LogP contribution in [0.1, 0.15) is 39.3 Å². The summed E-state index contributed by atoms with van der Waals surface area (Å²) < 4.78 is 20.2. The first kappa shape index (κ1) is 21.1. The molecule has 1 atom stereocenters. The third kappa shape index (κ3) is 4.51. The van der Waals surface area contributed by atoms with E-state index in [-0.39, 0.29) is 37.3 Å². The second-order valence-corrected chi connectivity index (χ2v) is 6.92. The Labute approximate surface area is 172 Å². The monoisotopic (exact) mass is 415 g/mol. The Morgan fingerprint density at radius 2 is 1.67 bits per heavy atom. The van der Waals surface area contributed by atoms with Crippen molar-refractivity contribution in [3.63, 3.8) is 0 Å². The van der Waals surface area contributed by atoms with Crippen molar-refractivity contribution >= 4 is 17.9 Å². The summed E-state index contributed by atoms with van der Waals surface area (Å²) in [5, 5.41) is 9.02. The van der Waals surface area contributed by atoms with Gasteiger partial charge in [-0.05, 0) is 36.8 Å². The first-order valence-corrected chi connectivity index (χ1v) is 9.40. The molecule has 1 fully saturated rings. The zero-order valence-corrected chi connectivity index (χ0v) is 16.4. The number of ether oxygens (including phenoxy) is 1. The van der Waals surface area contributed by atoms with Gasteiger partial charge in [0.05, 0.1) is 11.1 Å². The molecule has 0 aromatic heterocycles. The molecule has 1 unspecified atom stereocenters. The lowest BCUT2D eigenvalue weighted by Gasteiger charge is -2.33. The molecule has 3 amide bonds. The Morgan fingerprint density at radius 1 is 1.03 bits per heavy atom. The number of carbonyl (C=O) groups is 3. The second kappa shape index (κ2) is 8.81. The number of nitrogens with two attached hydrogens (primary N) is 1. The van der Waals surface area contributed by atoms with E-state index in [4.69, 9.17) is 15.6 Å². The van der Waals surface area contributed by atoms with Crippen LogP contribution in [0.3, 0.4) is 0 Å². The summed E-state index contributed by atoms with van der Waals surface area (Å²) in [7, 11) is 0. The molecule has 0 saturated carbocycles. The first-order chi connectivity index (χ1) is 14.3. The smallest absolute Gasteiger partial charge is 0.407 e. The van der Waals surface area contributed by atoms with Gasteiger partial charge < -0.3 is 25.4 Å². The minimum Gasteiger partial charge on any atom is -0.485 e. The average molecular weight is 415 g/mol. The zero-order chi connectivity index (χ0) is 21.8. The molecule has 3 rings (SSSR count). The maximum Gasteiger partial charge on any atom is 0.407 e. The third-order valence-electron chi connectivity index (χ3n) is 4.98. The van der Waals surface area contributed by atoms with Crippen molar-refractivity contribution in [3.05, 3.63) is 65.0 Å². The van der Waals surface area contributed by atoms with E-state index in [1.807, 2.05) is 0 Å². The maximum absolute atomic E-state index is 14.4. The van der Waals surface area contributed by atoms with Crippen LogP contribution >= 0.6 is 0 Å². The van der Waals surface area contributed by atoms with Crippen molar-refractivity contribution in [3.8, 4) is 5.75 Å². The van der Waals surface area contributed by atoms with Gasteiger partial charge in [0, 0.05) is 26.2 Å². The molecule has 2 aromatic carbocycles. The summed E-state index contributed by atoms with van der Waals surface area (Å²) in [6.45, 7) is 2.43. The van der Waals surface area contributed by atoms with Crippen molar-refractivity contribution in [1.29, 1.82) is 0 Å². The van der Waals surface area contributed by atoms with Crippen LogP contribution < -0.4 is 10.5 Å². The Balaban J connectivity index is 1.77. The molecular weight excluding hydrogens is 393 g/mol. The largest absolute Gasteiger partial charge is 0.485 e. The second-order valence-electron chi connectivity index (χ2n) is 6.92. The molecule has 0 radical (unpaired) electrons. The van der Waals surface area contributed by atoms with Gasteiger partial charge in [0.25, 0.3) is 11.8 Å². The summed E-state index contributed by atoms with van der Waals surface area (Å²) in [5.74, 6) is -1.52. The molecule has 30 heavy (non-hydrogen) atoms. The number of benzene rings is 2. The predicted molar refractivity (Wildman–Crippen MR) is 106 cm³/mol. The highest BCUT2D eigenvalue weighted by atomic mass is 19.1. The van der Waals surface area contributed by atoms with Crippen molar-refractivity contribution in [2.75, 3.05) is 26.2 Å². The van der Waals surface area contributed by atoms with Gasteiger partial charge in [0.1, 0.15) is 17.7 Å². The van der Waals surface area contributed by atoms with Gasteiger partial charge >= 0.3 is 6.09 Å². The number of carboxylic acid groups (broad SMARTS) is 1. The minimum atomic E-state index is -1.04. The molecule has 2 aromatic rings. The molecule has 1 aliphatic rings. The van der Waals surface area contributed by atoms with E-state index in [1.165, 1.54) is 28.0 Å². The molecule has 0 aliphatic carbocycles. The summed E-state index contributed by atoms with van der Waals surface area (Å²) in [4.78, 5) is 38.0. The number of rotatable bonds is 5. The number of primary amides is 1. The Hall–Kier alpha value is -3.62. The lowest BCUT2D eigenvalue weighted by atomic mass is 10.0. The molecule has 8 nitrogen and oxygen atoms in total. The average Bonchev–Trinajstić information content (AvgIpc) is 2.73. The molecule has 1 aliphatic heterocycles. The lowest BCUT2D eigenvalue weighted by Crippen LogP contribution is -2.50. The van der Waals surface area contributed by atoms with Crippen LogP contribution in [0.5, 0.6) is 5.75 Å². The van der Waals surface area contributed by atoms with Crippen molar-refractivity contribution in [1.82, 2.24) is 9.80 Å². The van der Waals surface area contributed by atoms with Crippen LogP contribution in [0.25, 0.3) is 0 Å². The van der Waals surface area contributed by atoms with E-state index in [1.54, 1.807) is 31.2 Å². The zero-order valence-electron chi connectivity index (χ0n) is 16.4. The SMILES string of the molecule is CC(Oc1ccccc1C(N)=O)c1ccc(F)c(C(=O)N2CCN(C(=O)O)CC2)c1. The van der Waals surface area contributed by atoms with Crippen LogP contribution in [0.2, 0.25) is 0 Å². The maximum atomic E-state index is 14.4. The van der Waals surface area contributed by atoms with Gasteiger partial charge in [0.15, 0.2) is 0 Å². The van der Waals surface area contributed by atoms with E-state index in [0.29, 0.717) is 11.3 Å². The van der Waals surface area contributed by atoms with E-state index in [2.05, 4.69) is 0 Å². The fourth-order valence-electron chi connectivity index (χ4n) is 3.26. The van der Waals surface area contributed by atoms with E-state index in [0.717, 1.165) is 0 Å². The molecule has 0 spiro atoms. The number of hydrogen-bond acceptors (Lipinski definition) is 4. The molecular formula is C21H22FN3O5. The number of para-hydroxylation sites is 1. The predicted octanol–water partition coefficient (Wildman–Crippen LogP) is 2.50. The molecule has 1 heterocycles. The van der Waals surface area contributed by atoms with Crippen LogP contribution in [0.4, 0.5) is 9.18 Å². The van der Waals surface area contributed by atoms with Crippen LogP contribution in [0.15, 0.2) is 42.5 Å². The van der Waals surface area contributed by atoms with E-state index >= 15 is 0 Å². The number of piperazine rings is 1. The molecule has 3 N–H and O–H groups in total. The third-order valence-corrected chi connectivity index (χ3v) is 4.98. The minimum absolute atomic E-state index is 0.116. The lowest BCUT2D eigenvalue weighted by molar-refractivity contribution is 0.0620. The van der Waals surface area contributed by atoms with Crippen molar-refractivity contribution in [2.45, 2.75) is 13.0 Å². The molecule has 158 valence electrons. The summed E-state index contributed by atoms with van der Waals surface area (Å²) in [6, 6.07) is 10.6. The molecule has 1 saturated heterocycles. The summed E-state index contributed by atoms with van der Waals surface area (Å²) >= 11 is 0. The fraction of sp³-hybridized carbons (Fsp3) is 0.286. The van der Waals surface area contributed by atoms with Crippen LogP contribution in [0, 0.1) is 5.82 Å².